The van der Waals surface area contributed by atoms with Gasteiger partial charge in [0.05, 0.1) is 24.6 Å². The maximum Gasteiger partial charge on any atom is 0.122 e. The Bertz CT molecular complexity index is 672. The molecule has 0 atom stereocenters. The number of benzene rings is 2. The molecule has 0 heterocycles. The van der Waals surface area contributed by atoms with Crippen molar-refractivity contribution in [3.05, 3.63) is 48.0 Å². The number of azo groups is 1. The Hall–Kier alpha value is -2.44. The third kappa shape index (κ3) is 6.52. The third-order valence-corrected chi connectivity index (χ3v) is 3.41. The maximum absolute atomic E-state index is 8.78. The maximum atomic E-state index is 8.78. The van der Waals surface area contributed by atoms with Crippen LogP contribution in [0.3, 0.4) is 0 Å². The van der Waals surface area contributed by atoms with Crippen LogP contribution in [0.25, 0.3) is 0 Å². The van der Waals surface area contributed by atoms with Crippen molar-refractivity contribution in [1.82, 2.24) is 0 Å². The quantitative estimate of drug-likeness (QED) is 0.505. The van der Waals surface area contributed by atoms with Crippen LogP contribution in [-0.4, -0.2) is 36.6 Å². The Morgan fingerprint density at radius 1 is 0.800 bits per heavy atom. The fourth-order valence-electron chi connectivity index (χ4n) is 2.08. The van der Waals surface area contributed by atoms with Crippen molar-refractivity contribution in [3.63, 3.8) is 0 Å². The fourth-order valence-corrected chi connectivity index (χ4v) is 2.08. The molecule has 25 heavy (non-hydrogen) atoms. The molecule has 0 spiro atoms. The first kappa shape index (κ1) is 18.9. The molecule has 134 valence electrons. The minimum Gasteiger partial charge on any atom is -0.494 e. The Morgan fingerprint density at radius 3 is 2.04 bits per heavy atom. The molecule has 0 saturated heterocycles. The Kier molecular flexibility index (Phi) is 7.88. The van der Waals surface area contributed by atoms with Gasteiger partial charge in [0, 0.05) is 26.1 Å². The van der Waals surface area contributed by atoms with Crippen LogP contribution in [0.2, 0.25) is 0 Å². The van der Waals surface area contributed by atoms with Gasteiger partial charge in [0.1, 0.15) is 11.5 Å². The van der Waals surface area contributed by atoms with Crippen LogP contribution >= 0.6 is 0 Å². The van der Waals surface area contributed by atoms with E-state index in [0.717, 1.165) is 28.4 Å². The summed E-state index contributed by atoms with van der Waals surface area (Å²) in [7, 11) is 0. The highest BCUT2D eigenvalue weighted by atomic mass is 16.5. The summed E-state index contributed by atoms with van der Waals surface area (Å²) in [5.74, 6) is 1.53. The van der Waals surface area contributed by atoms with E-state index in [4.69, 9.17) is 19.7 Å². The number of nitrogens with zero attached hydrogens (tertiary/aromatic N) is 2. The first-order chi connectivity index (χ1) is 12.2. The monoisotopic (exact) mass is 344 g/mol. The molecule has 0 aliphatic heterocycles. The molecule has 0 amide bonds. The number of hydrogen-bond donors (Lipinski definition) is 2. The average Bonchev–Trinajstić information content (AvgIpc) is 2.63. The molecule has 2 rings (SSSR count). The molecule has 0 bridgehead atoms. The molecular weight excluding hydrogens is 320 g/mol. The van der Waals surface area contributed by atoms with Gasteiger partial charge in [-0.1, -0.05) is 0 Å². The highest BCUT2D eigenvalue weighted by Crippen LogP contribution is 2.26. The molecule has 0 aliphatic rings. The SMILES string of the molecule is Cc1cc(N=Nc2ccc(OCCCO)cc2)ccc1OCCCO. The van der Waals surface area contributed by atoms with E-state index in [-0.39, 0.29) is 13.2 Å². The summed E-state index contributed by atoms with van der Waals surface area (Å²) >= 11 is 0. The zero-order valence-corrected chi connectivity index (χ0v) is 14.4. The van der Waals surface area contributed by atoms with Crippen molar-refractivity contribution in [2.24, 2.45) is 10.2 Å². The Labute approximate surface area is 147 Å². The number of aryl methyl sites for hydroxylation is 1. The fraction of sp³-hybridized carbons (Fsp3) is 0.368. The summed E-state index contributed by atoms with van der Waals surface area (Å²) in [5.41, 5.74) is 2.45. The molecule has 0 aliphatic carbocycles. The van der Waals surface area contributed by atoms with Gasteiger partial charge in [0.2, 0.25) is 0 Å². The first-order valence-electron chi connectivity index (χ1n) is 8.32. The van der Waals surface area contributed by atoms with E-state index >= 15 is 0 Å². The topological polar surface area (TPSA) is 83.6 Å². The minimum atomic E-state index is 0.122. The number of aliphatic hydroxyl groups is 2. The standard InChI is InChI=1S/C19H24N2O4/c1-15-14-17(6-9-19(15)25-13-3-11-23)21-20-16-4-7-18(8-5-16)24-12-2-10-22/h4-9,14,22-23H,2-3,10-13H2,1H3. The first-order valence-corrected chi connectivity index (χ1v) is 8.32. The van der Waals surface area contributed by atoms with E-state index in [0.29, 0.717) is 26.1 Å². The normalized spacial score (nSPS) is 11.0. The van der Waals surface area contributed by atoms with Crippen LogP contribution in [0, 0.1) is 6.92 Å². The molecule has 0 aromatic heterocycles. The molecule has 6 heteroatoms. The lowest BCUT2D eigenvalue weighted by Gasteiger charge is -2.08. The summed E-state index contributed by atoms with van der Waals surface area (Å²) in [6.07, 6.45) is 1.22. The Balaban J connectivity index is 1.93. The smallest absolute Gasteiger partial charge is 0.122 e. The van der Waals surface area contributed by atoms with E-state index in [1.807, 2.05) is 49.4 Å². The van der Waals surface area contributed by atoms with Crippen LogP contribution < -0.4 is 9.47 Å². The third-order valence-electron chi connectivity index (χ3n) is 3.41. The predicted molar refractivity (Wildman–Crippen MR) is 96.2 cm³/mol. The van der Waals surface area contributed by atoms with E-state index in [9.17, 15) is 0 Å². The zero-order chi connectivity index (χ0) is 17.9. The summed E-state index contributed by atoms with van der Waals surface area (Å²) in [4.78, 5) is 0. The van der Waals surface area contributed by atoms with Gasteiger partial charge in [-0.15, -0.1) is 0 Å². The molecule has 0 radical (unpaired) electrons. The van der Waals surface area contributed by atoms with Gasteiger partial charge in [-0.3, -0.25) is 0 Å². The van der Waals surface area contributed by atoms with Crippen LogP contribution in [0.1, 0.15) is 18.4 Å². The largest absolute Gasteiger partial charge is 0.494 e. The molecule has 0 fully saturated rings. The number of ether oxygens (including phenoxy) is 2. The van der Waals surface area contributed by atoms with Gasteiger partial charge in [0.15, 0.2) is 0 Å². The van der Waals surface area contributed by atoms with Gasteiger partial charge >= 0.3 is 0 Å². The molecule has 0 saturated carbocycles. The van der Waals surface area contributed by atoms with Crippen LogP contribution in [0.15, 0.2) is 52.7 Å². The number of rotatable bonds is 10. The highest BCUT2D eigenvalue weighted by Gasteiger charge is 2.01. The van der Waals surface area contributed by atoms with Crippen molar-refractivity contribution in [2.45, 2.75) is 19.8 Å². The number of aliphatic hydroxyl groups excluding tert-OH is 2. The van der Waals surface area contributed by atoms with Crippen LogP contribution in [-0.2, 0) is 0 Å². The second-order valence-electron chi connectivity index (χ2n) is 5.49. The summed E-state index contributed by atoms with van der Waals surface area (Å²) in [6.45, 7) is 3.17. The molecule has 0 unspecified atom stereocenters. The molecule has 2 aromatic rings. The second kappa shape index (κ2) is 10.4. The van der Waals surface area contributed by atoms with Crippen molar-refractivity contribution in [3.8, 4) is 11.5 Å². The van der Waals surface area contributed by atoms with Crippen molar-refractivity contribution >= 4 is 11.4 Å². The van der Waals surface area contributed by atoms with Gasteiger partial charge in [-0.25, -0.2) is 0 Å². The Morgan fingerprint density at radius 2 is 1.40 bits per heavy atom. The summed E-state index contributed by atoms with van der Waals surface area (Å²) in [6, 6.07) is 12.9. The van der Waals surface area contributed by atoms with Crippen molar-refractivity contribution in [2.75, 3.05) is 26.4 Å². The van der Waals surface area contributed by atoms with Crippen LogP contribution in [0.5, 0.6) is 11.5 Å². The molecular formula is C19H24N2O4. The van der Waals surface area contributed by atoms with E-state index < -0.39 is 0 Å². The number of hydrogen-bond acceptors (Lipinski definition) is 6. The molecule has 2 N–H and O–H groups in total. The van der Waals surface area contributed by atoms with Gasteiger partial charge in [-0.05, 0) is 55.0 Å². The molecule has 6 nitrogen and oxygen atoms in total. The lowest BCUT2D eigenvalue weighted by atomic mass is 10.2. The van der Waals surface area contributed by atoms with Crippen molar-refractivity contribution in [1.29, 1.82) is 0 Å². The van der Waals surface area contributed by atoms with Gasteiger partial charge in [-0.2, -0.15) is 10.2 Å². The van der Waals surface area contributed by atoms with Gasteiger partial charge in [0.25, 0.3) is 0 Å². The highest BCUT2D eigenvalue weighted by molar-refractivity contribution is 5.47. The van der Waals surface area contributed by atoms with E-state index in [2.05, 4.69) is 10.2 Å². The second-order valence-corrected chi connectivity index (χ2v) is 5.49. The van der Waals surface area contributed by atoms with E-state index in [1.54, 1.807) is 0 Å². The van der Waals surface area contributed by atoms with E-state index in [1.165, 1.54) is 0 Å². The zero-order valence-electron chi connectivity index (χ0n) is 14.4. The summed E-state index contributed by atoms with van der Waals surface area (Å²) in [5, 5.41) is 26.0. The average molecular weight is 344 g/mol. The summed E-state index contributed by atoms with van der Waals surface area (Å²) < 4.78 is 11.1. The van der Waals surface area contributed by atoms with Crippen LogP contribution in [0.4, 0.5) is 11.4 Å². The lowest BCUT2D eigenvalue weighted by molar-refractivity contribution is 0.232. The van der Waals surface area contributed by atoms with Gasteiger partial charge < -0.3 is 19.7 Å². The minimum absolute atomic E-state index is 0.122. The molecule has 2 aromatic carbocycles. The lowest BCUT2D eigenvalue weighted by Crippen LogP contribution is -2.00. The van der Waals surface area contributed by atoms with Crippen molar-refractivity contribution < 1.29 is 19.7 Å². The predicted octanol–water partition coefficient (Wildman–Crippen LogP) is 3.93.